The molecule has 1 heterocycles. The van der Waals surface area contributed by atoms with E-state index in [0.29, 0.717) is 0 Å². The number of aldehydes is 1. The molecule has 0 N–H and O–H groups in total. The van der Waals surface area contributed by atoms with E-state index in [1.807, 2.05) is 18.2 Å². The molecule has 1 unspecified atom stereocenters. The van der Waals surface area contributed by atoms with Crippen LogP contribution in [0.15, 0.2) is 24.3 Å². The summed E-state index contributed by atoms with van der Waals surface area (Å²) in [4.78, 5) is 10.3. The maximum atomic E-state index is 10.3. The Morgan fingerprint density at radius 3 is 2.83 bits per heavy atom. The van der Waals surface area contributed by atoms with Gasteiger partial charge in [-0.15, -0.1) is 0 Å². The van der Waals surface area contributed by atoms with Gasteiger partial charge in [-0.25, -0.2) is 0 Å². The van der Waals surface area contributed by atoms with Crippen LogP contribution < -0.4 is 9.47 Å². The van der Waals surface area contributed by atoms with Gasteiger partial charge in [0.05, 0.1) is 0 Å². The van der Waals surface area contributed by atoms with Crippen LogP contribution in [-0.4, -0.2) is 12.6 Å². The lowest BCUT2D eigenvalue weighted by atomic mass is 10.2. The van der Waals surface area contributed by atoms with Gasteiger partial charge in [-0.1, -0.05) is 31.9 Å². The van der Waals surface area contributed by atoms with Gasteiger partial charge in [0.25, 0.3) is 0 Å². The predicted octanol–water partition coefficient (Wildman–Crippen LogP) is 3.58. The lowest BCUT2D eigenvalue weighted by Crippen LogP contribution is -2.17. The Morgan fingerprint density at radius 2 is 2.06 bits per heavy atom. The third-order valence-electron chi connectivity index (χ3n) is 2.90. The first kappa shape index (κ1) is 12.7. The number of hydrogen-bond donors (Lipinski definition) is 0. The van der Waals surface area contributed by atoms with E-state index in [4.69, 9.17) is 9.47 Å². The molecule has 0 saturated heterocycles. The normalized spacial score (nSPS) is 17.3. The second kappa shape index (κ2) is 6.24. The number of fused-ring (bicyclic) bond motifs is 1. The van der Waals surface area contributed by atoms with Crippen molar-refractivity contribution in [2.75, 3.05) is 0 Å². The Labute approximate surface area is 107 Å². The summed E-state index contributed by atoms with van der Waals surface area (Å²) in [6, 6.07) is 5.70. The van der Waals surface area contributed by atoms with Crippen molar-refractivity contribution < 1.29 is 14.3 Å². The number of unbranched alkanes of at least 4 members (excludes halogenated alkanes) is 2. The van der Waals surface area contributed by atoms with E-state index in [9.17, 15) is 4.79 Å². The Kier molecular flexibility index (Phi) is 4.40. The van der Waals surface area contributed by atoms with Gasteiger partial charge in [0, 0.05) is 6.42 Å². The maximum Gasteiger partial charge on any atom is 0.241 e. The summed E-state index contributed by atoms with van der Waals surface area (Å²) in [6.45, 7) is 2.18. The van der Waals surface area contributed by atoms with E-state index < -0.39 is 0 Å². The average Bonchev–Trinajstić information content (AvgIpc) is 2.78. The fourth-order valence-corrected chi connectivity index (χ4v) is 1.95. The number of hydrogen-bond acceptors (Lipinski definition) is 3. The van der Waals surface area contributed by atoms with Crippen molar-refractivity contribution >= 4 is 12.4 Å². The smallest absolute Gasteiger partial charge is 0.241 e. The van der Waals surface area contributed by atoms with Crippen LogP contribution in [0.25, 0.3) is 6.08 Å². The molecule has 0 aliphatic carbocycles. The number of carbonyl (C=O) groups excluding carboxylic acids is 1. The summed E-state index contributed by atoms with van der Waals surface area (Å²) in [6.07, 6.45) is 8.26. The van der Waals surface area contributed by atoms with E-state index in [2.05, 4.69) is 6.92 Å². The fourth-order valence-electron chi connectivity index (χ4n) is 1.95. The number of rotatable bonds is 6. The molecule has 0 bridgehead atoms. The Bertz CT molecular complexity index is 437. The van der Waals surface area contributed by atoms with Crippen molar-refractivity contribution in [3.63, 3.8) is 0 Å². The molecular formula is C15H18O3. The van der Waals surface area contributed by atoms with Gasteiger partial charge in [-0.2, -0.15) is 0 Å². The van der Waals surface area contributed by atoms with Gasteiger partial charge < -0.3 is 9.47 Å². The quantitative estimate of drug-likeness (QED) is 0.437. The van der Waals surface area contributed by atoms with E-state index in [1.165, 1.54) is 18.9 Å². The molecule has 1 aromatic rings. The van der Waals surface area contributed by atoms with Crippen molar-refractivity contribution in [1.29, 1.82) is 0 Å². The van der Waals surface area contributed by atoms with Crippen molar-refractivity contribution in [1.82, 2.24) is 0 Å². The number of benzene rings is 1. The molecule has 3 heteroatoms. The summed E-state index contributed by atoms with van der Waals surface area (Å²) in [5, 5.41) is 0. The summed E-state index contributed by atoms with van der Waals surface area (Å²) in [5.41, 5.74) is 0.943. The minimum absolute atomic E-state index is 0.156. The molecule has 0 fully saturated rings. The first-order valence-electron chi connectivity index (χ1n) is 6.42. The maximum absolute atomic E-state index is 10.3. The summed E-state index contributed by atoms with van der Waals surface area (Å²) in [5.74, 6) is 1.56. The number of ether oxygens (including phenoxy) is 2. The van der Waals surface area contributed by atoms with Crippen molar-refractivity contribution in [2.24, 2.45) is 0 Å². The van der Waals surface area contributed by atoms with Crippen molar-refractivity contribution in [2.45, 2.75) is 38.9 Å². The van der Waals surface area contributed by atoms with Crippen LogP contribution in [0.3, 0.4) is 0 Å². The minimum atomic E-state index is -0.156. The van der Waals surface area contributed by atoms with Crippen LogP contribution in [0, 0.1) is 0 Å². The Morgan fingerprint density at radius 1 is 1.22 bits per heavy atom. The molecule has 0 aromatic heterocycles. The summed E-state index contributed by atoms with van der Waals surface area (Å²) in [7, 11) is 0. The molecule has 0 amide bonds. The molecule has 2 rings (SSSR count). The number of carbonyl (C=O) groups is 1. The lowest BCUT2D eigenvalue weighted by Gasteiger charge is -2.08. The predicted molar refractivity (Wildman–Crippen MR) is 70.7 cm³/mol. The van der Waals surface area contributed by atoms with Gasteiger partial charge in [0.15, 0.2) is 11.5 Å². The standard InChI is InChI=1S/C15H18O3/c1-2-3-4-7-15-17-13-9-8-12(6-5-10-16)11-14(13)18-15/h5-6,8-11,15H,2-4,7H2,1H3/b6-5+. The zero-order valence-corrected chi connectivity index (χ0v) is 10.6. The van der Waals surface area contributed by atoms with Crippen LogP contribution in [0.5, 0.6) is 11.5 Å². The highest BCUT2D eigenvalue weighted by Crippen LogP contribution is 2.36. The van der Waals surface area contributed by atoms with E-state index in [-0.39, 0.29) is 6.29 Å². The minimum Gasteiger partial charge on any atom is -0.451 e. The largest absolute Gasteiger partial charge is 0.451 e. The third-order valence-corrected chi connectivity index (χ3v) is 2.90. The Balaban J connectivity index is 1.97. The van der Waals surface area contributed by atoms with Gasteiger partial charge in [0.2, 0.25) is 6.29 Å². The van der Waals surface area contributed by atoms with Crippen molar-refractivity contribution in [3.05, 3.63) is 29.8 Å². The van der Waals surface area contributed by atoms with Crippen molar-refractivity contribution in [3.8, 4) is 11.5 Å². The highest BCUT2D eigenvalue weighted by Gasteiger charge is 2.23. The Hall–Kier alpha value is -1.77. The topological polar surface area (TPSA) is 35.5 Å². The van der Waals surface area contributed by atoms with Crippen LogP contribution in [0.1, 0.15) is 38.2 Å². The molecule has 18 heavy (non-hydrogen) atoms. The molecule has 96 valence electrons. The molecule has 1 atom stereocenters. The van der Waals surface area contributed by atoms with Crippen LogP contribution >= 0.6 is 0 Å². The van der Waals surface area contributed by atoms with Crippen LogP contribution in [-0.2, 0) is 4.79 Å². The van der Waals surface area contributed by atoms with Crippen LogP contribution in [0.4, 0.5) is 0 Å². The zero-order valence-electron chi connectivity index (χ0n) is 10.6. The highest BCUT2D eigenvalue weighted by molar-refractivity contribution is 5.74. The third kappa shape index (κ3) is 3.13. The molecule has 1 aliphatic heterocycles. The second-order valence-electron chi connectivity index (χ2n) is 4.36. The lowest BCUT2D eigenvalue weighted by molar-refractivity contribution is -0.104. The summed E-state index contributed by atoms with van der Waals surface area (Å²) < 4.78 is 11.4. The average molecular weight is 246 g/mol. The SMILES string of the molecule is CCCCCC1Oc2ccc(/C=C/C=O)cc2O1. The second-order valence-corrected chi connectivity index (χ2v) is 4.36. The molecule has 3 nitrogen and oxygen atoms in total. The zero-order chi connectivity index (χ0) is 12.8. The van der Waals surface area contributed by atoms with Gasteiger partial charge in [0.1, 0.15) is 6.29 Å². The van der Waals surface area contributed by atoms with Gasteiger partial charge in [-0.3, -0.25) is 4.79 Å². The molecule has 1 aliphatic rings. The van der Waals surface area contributed by atoms with Crippen LogP contribution in [0.2, 0.25) is 0 Å². The molecule has 0 spiro atoms. The highest BCUT2D eigenvalue weighted by atomic mass is 16.7. The fraction of sp³-hybridized carbons (Fsp3) is 0.400. The molecular weight excluding hydrogens is 228 g/mol. The first-order chi connectivity index (χ1) is 8.83. The van der Waals surface area contributed by atoms with Gasteiger partial charge in [-0.05, 0) is 30.2 Å². The molecule has 1 aromatic carbocycles. The van der Waals surface area contributed by atoms with Gasteiger partial charge >= 0.3 is 0 Å². The monoisotopic (exact) mass is 246 g/mol. The summed E-state index contributed by atoms with van der Waals surface area (Å²) >= 11 is 0. The molecule has 0 radical (unpaired) electrons. The van der Waals surface area contributed by atoms with E-state index in [0.717, 1.165) is 36.2 Å². The number of allylic oxidation sites excluding steroid dienone is 1. The van der Waals surface area contributed by atoms with E-state index in [1.54, 1.807) is 6.08 Å². The molecule has 0 saturated carbocycles. The first-order valence-corrected chi connectivity index (χ1v) is 6.42. The van der Waals surface area contributed by atoms with E-state index >= 15 is 0 Å².